The van der Waals surface area contributed by atoms with Crippen molar-refractivity contribution in [3.8, 4) is 5.75 Å². The Balaban J connectivity index is 1.14. The minimum absolute atomic E-state index is 0.0513. The molecule has 0 spiro atoms. The zero-order valence-corrected chi connectivity index (χ0v) is 22.7. The molecule has 3 aliphatic heterocycles. The second kappa shape index (κ2) is 10.2. The Kier molecular flexibility index (Phi) is 6.58. The summed E-state index contributed by atoms with van der Waals surface area (Å²) in [5.41, 5.74) is 6.58. The molecule has 1 saturated heterocycles. The van der Waals surface area contributed by atoms with E-state index in [1.807, 2.05) is 47.1 Å². The number of hydrogen-bond donors (Lipinski definition) is 1. The van der Waals surface area contributed by atoms with Crippen molar-refractivity contribution in [3.63, 3.8) is 0 Å². The molecule has 1 fully saturated rings. The fraction of sp³-hybridized carbons (Fsp3) is 0.400. The Morgan fingerprint density at radius 3 is 2.56 bits per heavy atom. The van der Waals surface area contributed by atoms with E-state index in [4.69, 9.17) is 4.74 Å². The number of nitrogens with one attached hydrogen (secondary N) is 1. The first kappa shape index (κ1) is 25.2. The van der Waals surface area contributed by atoms with Gasteiger partial charge in [-0.3, -0.25) is 4.79 Å². The van der Waals surface area contributed by atoms with Crippen LogP contribution >= 0.6 is 0 Å². The average Bonchev–Trinajstić information content (AvgIpc) is 3.29. The van der Waals surface area contributed by atoms with Gasteiger partial charge in [0.1, 0.15) is 23.6 Å². The summed E-state index contributed by atoms with van der Waals surface area (Å²) in [6.45, 7) is 6.85. The lowest BCUT2D eigenvalue weighted by Gasteiger charge is -2.38. The van der Waals surface area contributed by atoms with Gasteiger partial charge in [0.15, 0.2) is 0 Å². The van der Waals surface area contributed by atoms with Crippen LogP contribution in [-0.4, -0.2) is 66.1 Å². The standard InChI is InChI=1S/C30H34N6O3/c1-19-4-7-26-22(16-19)9-15-36(26)29(37)27-20(2)28(32-18-31-27)34-12-10-23(11-13-34)35-14-8-21-17-24(39-3)5-6-25(21)33-30(35)38/h4-7,16-18,23H,8-15H2,1-3H3,(H,33,38). The smallest absolute Gasteiger partial charge is 0.322 e. The molecule has 202 valence electrons. The van der Waals surface area contributed by atoms with Crippen molar-refractivity contribution in [1.82, 2.24) is 14.9 Å². The van der Waals surface area contributed by atoms with E-state index in [-0.39, 0.29) is 18.0 Å². The van der Waals surface area contributed by atoms with Crippen molar-refractivity contribution in [2.75, 3.05) is 48.4 Å². The van der Waals surface area contributed by atoms with Crippen LogP contribution in [0.15, 0.2) is 42.7 Å². The third-order valence-electron chi connectivity index (χ3n) is 8.28. The number of benzene rings is 2. The SMILES string of the molecule is COc1ccc2c(c1)CCN(C1CCN(c3ncnc(C(=O)N4CCc5cc(C)ccc54)c3C)CC1)C(=O)N2. The molecule has 0 saturated carbocycles. The maximum absolute atomic E-state index is 13.6. The summed E-state index contributed by atoms with van der Waals surface area (Å²) in [5, 5.41) is 3.08. The number of ether oxygens (including phenoxy) is 1. The molecule has 3 aromatic rings. The zero-order chi connectivity index (χ0) is 27.1. The van der Waals surface area contributed by atoms with Crippen LogP contribution in [0.25, 0.3) is 0 Å². The van der Waals surface area contributed by atoms with Crippen LogP contribution in [0.2, 0.25) is 0 Å². The molecule has 1 N–H and O–H groups in total. The lowest BCUT2D eigenvalue weighted by molar-refractivity contribution is 0.0983. The van der Waals surface area contributed by atoms with Crippen molar-refractivity contribution in [3.05, 3.63) is 70.7 Å². The summed E-state index contributed by atoms with van der Waals surface area (Å²) < 4.78 is 5.36. The molecule has 6 rings (SSSR count). The molecule has 1 aromatic heterocycles. The quantitative estimate of drug-likeness (QED) is 0.543. The van der Waals surface area contributed by atoms with Gasteiger partial charge in [0.05, 0.1) is 7.11 Å². The van der Waals surface area contributed by atoms with Crippen molar-refractivity contribution in [2.45, 2.75) is 45.6 Å². The summed E-state index contributed by atoms with van der Waals surface area (Å²) in [5.74, 6) is 1.52. The van der Waals surface area contributed by atoms with E-state index < -0.39 is 0 Å². The van der Waals surface area contributed by atoms with Crippen LogP contribution in [0.3, 0.4) is 0 Å². The van der Waals surface area contributed by atoms with Gasteiger partial charge >= 0.3 is 6.03 Å². The highest BCUT2D eigenvalue weighted by molar-refractivity contribution is 6.07. The van der Waals surface area contributed by atoms with Crippen LogP contribution in [0.4, 0.5) is 22.0 Å². The van der Waals surface area contributed by atoms with Crippen LogP contribution in [-0.2, 0) is 12.8 Å². The summed E-state index contributed by atoms with van der Waals surface area (Å²) in [6.07, 6.45) is 4.80. The van der Waals surface area contributed by atoms with Crippen molar-refractivity contribution in [2.24, 2.45) is 0 Å². The molecule has 9 nitrogen and oxygen atoms in total. The third-order valence-corrected chi connectivity index (χ3v) is 8.28. The highest BCUT2D eigenvalue weighted by atomic mass is 16.5. The number of piperidine rings is 1. The molecule has 0 bridgehead atoms. The summed E-state index contributed by atoms with van der Waals surface area (Å²) in [4.78, 5) is 41.7. The number of anilines is 3. The first-order valence-electron chi connectivity index (χ1n) is 13.7. The lowest BCUT2D eigenvalue weighted by atomic mass is 10.0. The van der Waals surface area contributed by atoms with Gasteiger partial charge in [0.2, 0.25) is 0 Å². The topological polar surface area (TPSA) is 90.9 Å². The summed E-state index contributed by atoms with van der Waals surface area (Å²) >= 11 is 0. The van der Waals surface area contributed by atoms with E-state index in [0.717, 1.165) is 72.8 Å². The van der Waals surface area contributed by atoms with E-state index >= 15 is 0 Å². The van der Waals surface area contributed by atoms with E-state index in [2.05, 4.69) is 33.2 Å². The molecular weight excluding hydrogens is 492 g/mol. The van der Waals surface area contributed by atoms with Gasteiger partial charge < -0.3 is 24.8 Å². The minimum Gasteiger partial charge on any atom is -0.497 e. The Hall–Kier alpha value is -4.14. The van der Waals surface area contributed by atoms with Crippen molar-refractivity contribution < 1.29 is 14.3 Å². The van der Waals surface area contributed by atoms with Crippen LogP contribution in [0, 0.1) is 13.8 Å². The van der Waals surface area contributed by atoms with E-state index in [9.17, 15) is 9.59 Å². The monoisotopic (exact) mass is 526 g/mol. The molecule has 4 heterocycles. The first-order valence-corrected chi connectivity index (χ1v) is 13.7. The largest absolute Gasteiger partial charge is 0.497 e. The molecule has 2 aromatic carbocycles. The average molecular weight is 527 g/mol. The number of carbonyl (C=O) groups is 2. The molecule has 0 unspecified atom stereocenters. The van der Waals surface area contributed by atoms with Crippen LogP contribution < -0.4 is 19.9 Å². The highest BCUT2D eigenvalue weighted by Crippen LogP contribution is 2.32. The summed E-state index contributed by atoms with van der Waals surface area (Å²) in [6, 6.07) is 12.1. The molecule has 3 amide bonds. The summed E-state index contributed by atoms with van der Waals surface area (Å²) in [7, 11) is 1.65. The number of methoxy groups -OCH3 is 1. The van der Waals surface area contributed by atoms with Gasteiger partial charge in [-0.25, -0.2) is 14.8 Å². The van der Waals surface area contributed by atoms with Gasteiger partial charge in [0.25, 0.3) is 5.91 Å². The Morgan fingerprint density at radius 1 is 0.974 bits per heavy atom. The Bertz CT molecular complexity index is 1430. The zero-order valence-electron chi connectivity index (χ0n) is 22.7. The number of hydrogen-bond acceptors (Lipinski definition) is 6. The van der Waals surface area contributed by atoms with Gasteiger partial charge in [-0.15, -0.1) is 0 Å². The maximum Gasteiger partial charge on any atom is 0.322 e. The predicted molar refractivity (Wildman–Crippen MR) is 151 cm³/mol. The van der Waals surface area contributed by atoms with Gasteiger partial charge in [-0.2, -0.15) is 0 Å². The van der Waals surface area contributed by atoms with Crippen LogP contribution in [0.5, 0.6) is 5.75 Å². The van der Waals surface area contributed by atoms with E-state index in [1.54, 1.807) is 7.11 Å². The van der Waals surface area contributed by atoms with Crippen molar-refractivity contribution >= 4 is 29.1 Å². The number of rotatable bonds is 4. The number of nitrogens with zero attached hydrogens (tertiary/aromatic N) is 5. The van der Waals surface area contributed by atoms with E-state index in [0.29, 0.717) is 18.8 Å². The molecule has 0 radical (unpaired) electrons. The Labute approximate surface area is 228 Å². The molecular formula is C30H34N6O3. The fourth-order valence-electron chi connectivity index (χ4n) is 6.14. The number of fused-ring (bicyclic) bond motifs is 2. The van der Waals surface area contributed by atoms with Crippen molar-refractivity contribution in [1.29, 1.82) is 0 Å². The molecule has 0 atom stereocenters. The van der Waals surface area contributed by atoms with Gasteiger partial charge in [-0.1, -0.05) is 17.7 Å². The molecule has 9 heteroatoms. The number of aromatic nitrogens is 2. The second-order valence-electron chi connectivity index (χ2n) is 10.6. The number of carbonyl (C=O) groups excluding carboxylic acids is 2. The number of aryl methyl sites for hydroxylation is 1. The van der Waals surface area contributed by atoms with Crippen LogP contribution in [0.1, 0.15) is 45.6 Å². The maximum atomic E-state index is 13.6. The predicted octanol–water partition coefficient (Wildman–Crippen LogP) is 4.36. The van der Waals surface area contributed by atoms with E-state index in [1.165, 1.54) is 17.5 Å². The normalized spacial score (nSPS) is 17.4. The molecule has 39 heavy (non-hydrogen) atoms. The lowest BCUT2D eigenvalue weighted by Crippen LogP contribution is -2.49. The highest BCUT2D eigenvalue weighted by Gasteiger charge is 2.33. The number of amides is 3. The Morgan fingerprint density at radius 2 is 1.77 bits per heavy atom. The second-order valence-corrected chi connectivity index (χ2v) is 10.6. The first-order chi connectivity index (χ1) is 18.9. The number of urea groups is 1. The van der Waals surface area contributed by atoms with Gasteiger partial charge in [0, 0.05) is 49.2 Å². The molecule has 0 aliphatic carbocycles. The fourth-order valence-corrected chi connectivity index (χ4v) is 6.14. The van der Waals surface area contributed by atoms with Gasteiger partial charge in [-0.05, 0) is 74.9 Å². The minimum atomic E-state index is -0.0777. The molecule has 3 aliphatic rings. The third kappa shape index (κ3) is 4.66.